The van der Waals surface area contributed by atoms with Gasteiger partial charge in [0.2, 0.25) is 0 Å². The van der Waals surface area contributed by atoms with Crippen LogP contribution in [0.25, 0.3) is 0 Å². The van der Waals surface area contributed by atoms with Crippen molar-refractivity contribution in [2.24, 2.45) is 0 Å². The van der Waals surface area contributed by atoms with E-state index in [-0.39, 0.29) is 12.5 Å². The van der Waals surface area contributed by atoms with E-state index in [0.29, 0.717) is 16.3 Å². The first-order chi connectivity index (χ1) is 9.65. The average Bonchev–Trinajstić information content (AvgIpc) is 2.97. The minimum absolute atomic E-state index is 0.214. The topological polar surface area (TPSA) is 93.4 Å². The number of nitrogen functional groups attached to an aromatic ring is 1. The highest BCUT2D eigenvalue weighted by atomic mass is 32.1. The molecule has 2 rings (SSSR count). The van der Waals surface area contributed by atoms with Gasteiger partial charge in [0.1, 0.15) is 5.75 Å². The van der Waals surface area contributed by atoms with E-state index in [1.165, 1.54) is 11.3 Å². The second kappa shape index (κ2) is 6.58. The van der Waals surface area contributed by atoms with Crippen molar-refractivity contribution in [3.05, 3.63) is 46.7 Å². The molecule has 2 amide bonds. The van der Waals surface area contributed by atoms with Crippen molar-refractivity contribution in [1.82, 2.24) is 10.9 Å². The Morgan fingerprint density at radius 1 is 1.20 bits per heavy atom. The van der Waals surface area contributed by atoms with Crippen LogP contribution in [0.5, 0.6) is 5.75 Å². The third-order valence-corrected chi connectivity index (χ3v) is 3.16. The molecule has 6 nitrogen and oxygen atoms in total. The summed E-state index contributed by atoms with van der Waals surface area (Å²) < 4.78 is 5.23. The molecule has 0 unspecified atom stereocenters. The van der Waals surface area contributed by atoms with Crippen molar-refractivity contribution in [1.29, 1.82) is 0 Å². The van der Waals surface area contributed by atoms with Gasteiger partial charge in [0.15, 0.2) is 6.61 Å². The number of hydrogen-bond acceptors (Lipinski definition) is 5. The number of carbonyl (C=O) groups is 2. The van der Waals surface area contributed by atoms with Gasteiger partial charge in [-0.25, -0.2) is 0 Å². The fourth-order valence-electron chi connectivity index (χ4n) is 1.39. The second-order valence-electron chi connectivity index (χ2n) is 3.84. The number of benzene rings is 1. The van der Waals surface area contributed by atoms with E-state index in [0.717, 1.165) is 0 Å². The molecular formula is C13H13N3O3S. The number of hydrogen-bond donors (Lipinski definition) is 3. The predicted octanol–water partition coefficient (Wildman–Crippen LogP) is 1.17. The molecule has 2 aromatic rings. The molecule has 0 aliphatic rings. The number of hydrazine groups is 1. The summed E-state index contributed by atoms with van der Waals surface area (Å²) in [6.07, 6.45) is 0. The molecule has 1 aromatic heterocycles. The van der Waals surface area contributed by atoms with Crippen molar-refractivity contribution in [2.45, 2.75) is 0 Å². The summed E-state index contributed by atoms with van der Waals surface area (Å²) in [4.78, 5) is 23.6. The molecule has 0 atom stereocenters. The normalized spacial score (nSPS) is 9.80. The number of nitrogens with two attached hydrogens (primary N) is 1. The molecule has 0 spiro atoms. The first kappa shape index (κ1) is 13.9. The first-order valence-electron chi connectivity index (χ1n) is 5.76. The zero-order valence-corrected chi connectivity index (χ0v) is 11.3. The first-order valence-corrected chi connectivity index (χ1v) is 6.64. The molecule has 1 heterocycles. The molecule has 0 bridgehead atoms. The quantitative estimate of drug-likeness (QED) is 0.582. The van der Waals surface area contributed by atoms with E-state index >= 15 is 0 Å². The number of carbonyl (C=O) groups excluding carboxylic acids is 2. The monoisotopic (exact) mass is 291 g/mol. The summed E-state index contributed by atoms with van der Waals surface area (Å²) in [5.74, 6) is -0.334. The molecule has 0 aliphatic carbocycles. The highest BCUT2D eigenvalue weighted by Gasteiger charge is 2.08. The largest absolute Gasteiger partial charge is 0.484 e. The molecule has 0 saturated heterocycles. The Morgan fingerprint density at radius 3 is 2.75 bits per heavy atom. The van der Waals surface area contributed by atoms with Gasteiger partial charge in [-0.1, -0.05) is 12.1 Å². The maximum absolute atomic E-state index is 11.6. The van der Waals surface area contributed by atoms with Crippen molar-refractivity contribution in [3.63, 3.8) is 0 Å². The Kier molecular flexibility index (Phi) is 4.56. The molecule has 1 aromatic carbocycles. The van der Waals surface area contributed by atoms with E-state index in [2.05, 4.69) is 10.9 Å². The molecule has 0 saturated carbocycles. The smallest absolute Gasteiger partial charge is 0.279 e. The van der Waals surface area contributed by atoms with Crippen LogP contribution in [0.2, 0.25) is 0 Å². The summed E-state index contributed by atoms with van der Waals surface area (Å²) in [7, 11) is 0. The van der Waals surface area contributed by atoms with Gasteiger partial charge < -0.3 is 10.5 Å². The molecule has 104 valence electrons. The van der Waals surface area contributed by atoms with Crippen LogP contribution in [0.15, 0.2) is 41.8 Å². The lowest BCUT2D eigenvalue weighted by atomic mass is 10.3. The molecular weight excluding hydrogens is 278 g/mol. The maximum atomic E-state index is 11.6. The summed E-state index contributed by atoms with van der Waals surface area (Å²) in [6.45, 7) is -0.214. The average molecular weight is 291 g/mol. The zero-order valence-electron chi connectivity index (χ0n) is 10.5. The van der Waals surface area contributed by atoms with E-state index < -0.39 is 5.91 Å². The Morgan fingerprint density at radius 2 is 2.05 bits per heavy atom. The number of thiophene rings is 1. The summed E-state index contributed by atoms with van der Waals surface area (Å²) in [5.41, 5.74) is 10.7. The SMILES string of the molecule is Nc1cccc(OCC(=O)NNC(=O)c2cccs2)c1. The van der Waals surface area contributed by atoms with E-state index in [4.69, 9.17) is 10.5 Å². The highest BCUT2D eigenvalue weighted by molar-refractivity contribution is 7.12. The third kappa shape index (κ3) is 3.99. The minimum Gasteiger partial charge on any atom is -0.484 e. The van der Waals surface area contributed by atoms with Crippen molar-refractivity contribution in [2.75, 3.05) is 12.3 Å². The fraction of sp³-hybridized carbons (Fsp3) is 0.0769. The van der Waals surface area contributed by atoms with Crippen LogP contribution in [-0.2, 0) is 4.79 Å². The van der Waals surface area contributed by atoms with Crippen LogP contribution in [0.4, 0.5) is 5.69 Å². The van der Waals surface area contributed by atoms with Crippen LogP contribution in [0.3, 0.4) is 0 Å². The van der Waals surface area contributed by atoms with Crippen molar-refractivity contribution >= 4 is 28.8 Å². The fourth-order valence-corrected chi connectivity index (χ4v) is 2.00. The van der Waals surface area contributed by atoms with Crippen LogP contribution in [0.1, 0.15) is 9.67 Å². The van der Waals surface area contributed by atoms with Gasteiger partial charge in [-0.2, -0.15) is 0 Å². The van der Waals surface area contributed by atoms with Gasteiger partial charge in [0, 0.05) is 11.8 Å². The van der Waals surface area contributed by atoms with Crippen LogP contribution < -0.4 is 21.3 Å². The molecule has 0 aliphatic heterocycles. The van der Waals surface area contributed by atoms with Crippen LogP contribution in [-0.4, -0.2) is 18.4 Å². The van der Waals surface area contributed by atoms with Gasteiger partial charge in [0.05, 0.1) is 4.88 Å². The zero-order chi connectivity index (χ0) is 14.4. The van der Waals surface area contributed by atoms with Gasteiger partial charge >= 0.3 is 0 Å². The molecule has 0 radical (unpaired) electrons. The standard InChI is InChI=1S/C13H13N3O3S/c14-9-3-1-4-10(7-9)19-8-12(17)15-16-13(18)11-5-2-6-20-11/h1-7H,8,14H2,(H,15,17)(H,16,18). The van der Waals surface area contributed by atoms with Gasteiger partial charge in [-0.3, -0.25) is 20.4 Å². The second-order valence-corrected chi connectivity index (χ2v) is 4.79. The van der Waals surface area contributed by atoms with E-state index in [9.17, 15) is 9.59 Å². The number of ether oxygens (including phenoxy) is 1. The maximum Gasteiger partial charge on any atom is 0.279 e. The Hall–Kier alpha value is -2.54. The number of rotatable bonds is 4. The van der Waals surface area contributed by atoms with Gasteiger partial charge in [0.25, 0.3) is 11.8 Å². The van der Waals surface area contributed by atoms with Crippen LogP contribution in [0, 0.1) is 0 Å². The number of amides is 2. The summed E-state index contributed by atoms with van der Waals surface area (Å²) in [5, 5.41) is 1.78. The number of anilines is 1. The lowest BCUT2D eigenvalue weighted by molar-refractivity contribution is -0.123. The van der Waals surface area contributed by atoms with Gasteiger partial charge in [-0.05, 0) is 23.6 Å². The Balaban J connectivity index is 1.74. The van der Waals surface area contributed by atoms with E-state index in [1.807, 2.05) is 0 Å². The molecule has 0 fully saturated rings. The Bertz CT molecular complexity index is 599. The molecule has 4 N–H and O–H groups in total. The lowest BCUT2D eigenvalue weighted by Gasteiger charge is -2.08. The molecule has 7 heteroatoms. The van der Waals surface area contributed by atoms with Crippen molar-refractivity contribution in [3.8, 4) is 5.75 Å². The minimum atomic E-state index is -0.461. The predicted molar refractivity (Wildman–Crippen MR) is 76.3 cm³/mol. The molecule has 20 heavy (non-hydrogen) atoms. The highest BCUT2D eigenvalue weighted by Crippen LogP contribution is 2.13. The lowest BCUT2D eigenvalue weighted by Crippen LogP contribution is -2.43. The van der Waals surface area contributed by atoms with Crippen LogP contribution >= 0.6 is 11.3 Å². The Labute approximate surface area is 119 Å². The van der Waals surface area contributed by atoms with Crippen molar-refractivity contribution < 1.29 is 14.3 Å². The summed E-state index contributed by atoms with van der Waals surface area (Å²) in [6, 6.07) is 10.2. The van der Waals surface area contributed by atoms with Gasteiger partial charge in [-0.15, -0.1) is 11.3 Å². The van der Waals surface area contributed by atoms with E-state index in [1.54, 1.807) is 41.8 Å². The number of nitrogens with one attached hydrogen (secondary N) is 2. The third-order valence-electron chi connectivity index (χ3n) is 2.29. The summed E-state index contributed by atoms with van der Waals surface area (Å²) >= 11 is 1.29.